The van der Waals surface area contributed by atoms with Crippen LogP contribution in [0.3, 0.4) is 0 Å². The van der Waals surface area contributed by atoms with Gasteiger partial charge in [-0.15, -0.1) is 0 Å². The summed E-state index contributed by atoms with van der Waals surface area (Å²) < 4.78 is 11.8. The van der Waals surface area contributed by atoms with Crippen LogP contribution in [-0.4, -0.2) is 18.8 Å². The molecule has 0 atom stereocenters. The van der Waals surface area contributed by atoms with Gasteiger partial charge in [0.1, 0.15) is 6.33 Å². The Morgan fingerprint density at radius 2 is 2.44 bits per heavy atom. The molecule has 0 saturated carbocycles. The van der Waals surface area contributed by atoms with Crippen molar-refractivity contribution in [3.05, 3.63) is 12.0 Å². The van der Waals surface area contributed by atoms with Crippen molar-refractivity contribution in [3.63, 3.8) is 0 Å². The van der Waals surface area contributed by atoms with Crippen LogP contribution in [0, 0.1) is 0 Å². The van der Waals surface area contributed by atoms with Crippen molar-refractivity contribution in [3.8, 4) is 0 Å². The van der Waals surface area contributed by atoms with Crippen molar-refractivity contribution in [2.75, 3.05) is 7.05 Å². The molecule has 0 aromatic heterocycles. The van der Waals surface area contributed by atoms with E-state index < -0.39 is 0 Å². The molecule has 0 aromatic carbocycles. The molecule has 0 heterocycles. The standard InChI is InChI=1S/C6H11FN2/c1-4-6(5-7)9(3)8-2/h5H,2,4H2,1,3H3/b6-5-. The van der Waals surface area contributed by atoms with Gasteiger partial charge in [-0.1, -0.05) is 6.92 Å². The summed E-state index contributed by atoms with van der Waals surface area (Å²) in [5.74, 6) is 0. The zero-order chi connectivity index (χ0) is 7.28. The summed E-state index contributed by atoms with van der Waals surface area (Å²) in [5, 5.41) is 4.91. The van der Waals surface area contributed by atoms with Gasteiger partial charge in [0.25, 0.3) is 0 Å². The second-order valence-corrected chi connectivity index (χ2v) is 1.62. The molecular formula is C6H11FN2. The molecule has 0 bridgehead atoms. The van der Waals surface area contributed by atoms with Gasteiger partial charge in [-0.2, -0.15) is 5.10 Å². The molecule has 0 aliphatic carbocycles. The molecule has 9 heavy (non-hydrogen) atoms. The molecule has 0 aliphatic rings. The predicted octanol–water partition coefficient (Wildman–Crippen LogP) is 1.75. The normalized spacial score (nSPS) is 11.2. The highest BCUT2D eigenvalue weighted by Crippen LogP contribution is 2.05. The first-order valence-corrected chi connectivity index (χ1v) is 2.75. The van der Waals surface area contributed by atoms with E-state index in [0.717, 1.165) is 0 Å². The van der Waals surface area contributed by atoms with E-state index >= 15 is 0 Å². The Bertz CT molecular complexity index is 120. The second-order valence-electron chi connectivity index (χ2n) is 1.62. The van der Waals surface area contributed by atoms with Crippen LogP contribution in [0.25, 0.3) is 0 Å². The van der Waals surface area contributed by atoms with Gasteiger partial charge >= 0.3 is 0 Å². The molecule has 52 valence electrons. The average Bonchev–Trinajstić information content (AvgIpc) is 1.90. The minimum absolute atomic E-state index is 0.532. The average molecular weight is 130 g/mol. The van der Waals surface area contributed by atoms with Crippen LogP contribution in [0.1, 0.15) is 13.3 Å². The number of hydrogen-bond acceptors (Lipinski definition) is 2. The molecule has 0 aromatic rings. The Labute approximate surface area is 54.7 Å². The molecule has 0 fully saturated rings. The Balaban J connectivity index is 3.95. The molecule has 3 heteroatoms. The molecule has 0 radical (unpaired) electrons. The zero-order valence-electron chi connectivity index (χ0n) is 5.76. The Kier molecular flexibility index (Phi) is 3.67. The van der Waals surface area contributed by atoms with Crippen LogP contribution in [0.5, 0.6) is 0 Å². The van der Waals surface area contributed by atoms with E-state index in [1.807, 2.05) is 6.92 Å². The molecule has 0 N–H and O–H groups in total. The van der Waals surface area contributed by atoms with E-state index in [0.29, 0.717) is 18.4 Å². The predicted molar refractivity (Wildman–Crippen MR) is 36.8 cm³/mol. The van der Waals surface area contributed by atoms with Crippen molar-refractivity contribution in [1.29, 1.82) is 0 Å². The summed E-state index contributed by atoms with van der Waals surface area (Å²) in [6.07, 6.45) is 1.17. The number of halogens is 1. The molecule has 0 saturated heterocycles. The highest BCUT2D eigenvalue weighted by atomic mass is 19.1. The number of hydrogen-bond donors (Lipinski definition) is 0. The van der Waals surface area contributed by atoms with E-state index in [2.05, 4.69) is 11.8 Å². The number of nitrogens with zero attached hydrogens (tertiary/aromatic N) is 2. The minimum atomic E-state index is 0.532. The van der Waals surface area contributed by atoms with E-state index in [1.54, 1.807) is 7.05 Å². The highest BCUT2D eigenvalue weighted by Gasteiger charge is 1.96. The monoisotopic (exact) mass is 130 g/mol. The quantitative estimate of drug-likeness (QED) is 0.420. The largest absolute Gasteiger partial charge is 0.271 e. The van der Waals surface area contributed by atoms with E-state index in [-0.39, 0.29) is 0 Å². The molecule has 0 spiro atoms. The lowest BCUT2D eigenvalue weighted by molar-refractivity contribution is 0.422. The summed E-state index contributed by atoms with van der Waals surface area (Å²) >= 11 is 0. The van der Waals surface area contributed by atoms with Crippen molar-refractivity contribution in [2.45, 2.75) is 13.3 Å². The Morgan fingerprint density at radius 1 is 1.89 bits per heavy atom. The maximum absolute atomic E-state index is 11.8. The van der Waals surface area contributed by atoms with Crippen molar-refractivity contribution in [2.24, 2.45) is 5.10 Å². The molecule has 0 aliphatic heterocycles. The van der Waals surface area contributed by atoms with Gasteiger partial charge in [-0.05, 0) is 6.42 Å². The molecule has 0 unspecified atom stereocenters. The third-order valence-corrected chi connectivity index (χ3v) is 1.12. The van der Waals surface area contributed by atoms with Gasteiger partial charge < -0.3 is 0 Å². The fraction of sp³-hybridized carbons (Fsp3) is 0.500. The fourth-order valence-corrected chi connectivity index (χ4v) is 0.467. The van der Waals surface area contributed by atoms with Gasteiger partial charge in [0.05, 0.1) is 5.70 Å². The van der Waals surface area contributed by atoms with Gasteiger partial charge in [0.2, 0.25) is 0 Å². The molecule has 2 nitrogen and oxygen atoms in total. The summed E-state index contributed by atoms with van der Waals surface area (Å²) in [6.45, 7) is 5.10. The Hall–Kier alpha value is -0.860. The summed E-state index contributed by atoms with van der Waals surface area (Å²) in [7, 11) is 1.65. The summed E-state index contributed by atoms with van der Waals surface area (Å²) in [5.41, 5.74) is 0.532. The van der Waals surface area contributed by atoms with Gasteiger partial charge in [-0.3, -0.25) is 5.01 Å². The van der Waals surface area contributed by atoms with Crippen molar-refractivity contribution >= 4 is 6.72 Å². The van der Waals surface area contributed by atoms with Gasteiger partial charge in [0.15, 0.2) is 0 Å². The van der Waals surface area contributed by atoms with Crippen LogP contribution >= 0.6 is 0 Å². The fourth-order valence-electron chi connectivity index (χ4n) is 0.467. The second kappa shape index (κ2) is 4.06. The van der Waals surface area contributed by atoms with Gasteiger partial charge in [-0.25, -0.2) is 4.39 Å². The molecule has 0 amide bonds. The SMILES string of the molecule is C=NN(C)/C(=C\F)CC. The van der Waals surface area contributed by atoms with Crippen LogP contribution in [0.2, 0.25) is 0 Å². The number of allylic oxidation sites excluding steroid dienone is 1. The number of rotatable bonds is 3. The number of hydrazone groups is 1. The molecule has 0 rings (SSSR count). The lowest BCUT2D eigenvalue weighted by Gasteiger charge is -2.12. The maximum atomic E-state index is 11.8. The highest BCUT2D eigenvalue weighted by molar-refractivity contribution is 5.23. The third-order valence-electron chi connectivity index (χ3n) is 1.12. The first-order chi connectivity index (χ1) is 4.26. The maximum Gasteiger partial charge on any atom is 0.108 e. The lowest BCUT2D eigenvalue weighted by atomic mass is 10.4. The van der Waals surface area contributed by atoms with Gasteiger partial charge in [0, 0.05) is 13.8 Å². The third kappa shape index (κ3) is 2.26. The van der Waals surface area contributed by atoms with Crippen LogP contribution in [0.15, 0.2) is 17.1 Å². The van der Waals surface area contributed by atoms with Crippen LogP contribution in [-0.2, 0) is 0 Å². The van der Waals surface area contributed by atoms with E-state index in [9.17, 15) is 4.39 Å². The van der Waals surface area contributed by atoms with E-state index in [4.69, 9.17) is 0 Å². The molecular weight excluding hydrogens is 119 g/mol. The first kappa shape index (κ1) is 8.14. The summed E-state index contributed by atoms with van der Waals surface area (Å²) in [6, 6.07) is 0. The van der Waals surface area contributed by atoms with Crippen LogP contribution < -0.4 is 0 Å². The van der Waals surface area contributed by atoms with E-state index in [1.165, 1.54) is 5.01 Å². The van der Waals surface area contributed by atoms with Crippen LogP contribution in [0.4, 0.5) is 4.39 Å². The summed E-state index contributed by atoms with van der Waals surface area (Å²) in [4.78, 5) is 0. The smallest absolute Gasteiger partial charge is 0.108 e. The lowest BCUT2D eigenvalue weighted by Crippen LogP contribution is -2.07. The zero-order valence-corrected chi connectivity index (χ0v) is 5.76. The first-order valence-electron chi connectivity index (χ1n) is 2.75. The Morgan fingerprint density at radius 3 is 2.56 bits per heavy atom. The topological polar surface area (TPSA) is 15.6 Å². The van der Waals surface area contributed by atoms with Crippen molar-refractivity contribution < 1.29 is 4.39 Å². The minimum Gasteiger partial charge on any atom is -0.271 e. The van der Waals surface area contributed by atoms with Crippen molar-refractivity contribution in [1.82, 2.24) is 5.01 Å².